The van der Waals surface area contributed by atoms with E-state index in [1.165, 1.54) is 35.0 Å². The zero-order valence-corrected chi connectivity index (χ0v) is 15.3. The third kappa shape index (κ3) is 4.37. The summed E-state index contributed by atoms with van der Waals surface area (Å²) in [7, 11) is 0. The first kappa shape index (κ1) is 19.1. The van der Waals surface area contributed by atoms with Crippen molar-refractivity contribution < 1.29 is 9.53 Å². The van der Waals surface area contributed by atoms with Gasteiger partial charge in [0.1, 0.15) is 12.3 Å². The molecule has 3 rings (SSSR count). The minimum Gasteiger partial charge on any atom is -0.424 e. The summed E-state index contributed by atoms with van der Waals surface area (Å²) in [6, 6.07) is 16.5. The van der Waals surface area contributed by atoms with E-state index < -0.39 is 23.8 Å². The van der Waals surface area contributed by atoms with Crippen LogP contribution in [-0.4, -0.2) is 15.1 Å². The molecule has 1 heterocycles. The normalized spacial score (nSPS) is 10.3. The highest BCUT2D eigenvalue weighted by atomic mass is 35.5. The molecule has 1 aromatic heterocycles. The van der Waals surface area contributed by atoms with Gasteiger partial charge < -0.3 is 4.74 Å². The standard InChI is InChI=1S/C20H14ClN3O4/c21-16-10-15(11-22)6-7-17(16)28-19(26)13-24-18(25)8-9-23(20(24)27)12-14-4-2-1-3-5-14/h1-10H,12-13H2. The largest absolute Gasteiger partial charge is 0.424 e. The summed E-state index contributed by atoms with van der Waals surface area (Å²) in [5.41, 5.74) is -0.0500. The van der Waals surface area contributed by atoms with Gasteiger partial charge in [0.05, 0.1) is 23.2 Å². The first-order valence-electron chi connectivity index (χ1n) is 8.22. The molecule has 0 fully saturated rings. The van der Waals surface area contributed by atoms with Gasteiger partial charge in [-0.15, -0.1) is 0 Å². The average molecular weight is 396 g/mol. The summed E-state index contributed by atoms with van der Waals surface area (Å²) in [6.07, 6.45) is 1.39. The monoisotopic (exact) mass is 395 g/mol. The third-order valence-electron chi connectivity index (χ3n) is 3.91. The Morgan fingerprint density at radius 3 is 2.54 bits per heavy atom. The van der Waals surface area contributed by atoms with E-state index in [4.69, 9.17) is 21.6 Å². The molecule has 0 N–H and O–H groups in total. The molecule has 8 heteroatoms. The first-order valence-corrected chi connectivity index (χ1v) is 8.60. The topological polar surface area (TPSA) is 94.1 Å². The second-order valence-corrected chi connectivity index (χ2v) is 6.27. The molecule has 0 saturated carbocycles. The van der Waals surface area contributed by atoms with E-state index in [1.54, 1.807) is 0 Å². The number of nitrogens with zero attached hydrogens (tertiary/aromatic N) is 3. The second-order valence-electron chi connectivity index (χ2n) is 5.87. The molecule has 0 atom stereocenters. The van der Waals surface area contributed by atoms with Gasteiger partial charge in [0, 0.05) is 12.3 Å². The van der Waals surface area contributed by atoms with Gasteiger partial charge in [-0.05, 0) is 23.8 Å². The molecule has 0 bridgehead atoms. The van der Waals surface area contributed by atoms with Crippen LogP contribution in [0, 0.1) is 11.3 Å². The minimum absolute atomic E-state index is 0.0410. The first-order chi connectivity index (χ1) is 13.5. The molecular formula is C20H14ClN3O4. The van der Waals surface area contributed by atoms with Crippen LogP contribution in [0.4, 0.5) is 0 Å². The number of aromatic nitrogens is 2. The van der Waals surface area contributed by atoms with Crippen molar-refractivity contribution >= 4 is 17.6 Å². The van der Waals surface area contributed by atoms with Crippen molar-refractivity contribution in [2.24, 2.45) is 0 Å². The van der Waals surface area contributed by atoms with Crippen molar-refractivity contribution in [3.8, 4) is 11.8 Å². The molecule has 0 spiro atoms. The Hall–Kier alpha value is -3.63. The lowest BCUT2D eigenvalue weighted by Gasteiger charge is -2.10. The molecule has 28 heavy (non-hydrogen) atoms. The van der Waals surface area contributed by atoms with Crippen molar-refractivity contribution in [3.05, 3.63) is 97.8 Å². The number of carbonyl (C=O) groups excluding carboxylic acids is 1. The Morgan fingerprint density at radius 1 is 1.11 bits per heavy atom. The Bertz CT molecular complexity index is 1180. The van der Waals surface area contributed by atoms with Gasteiger partial charge in [-0.25, -0.2) is 14.2 Å². The van der Waals surface area contributed by atoms with Crippen molar-refractivity contribution in [2.75, 3.05) is 0 Å². The molecule has 0 aliphatic heterocycles. The molecule has 7 nitrogen and oxygen atoms in total. The molecular weight excluding hydrogens is 382 g/mol. The number of hydrogen-bond donors (Lipinski definition) is 0. The highest BCUT2D eigenvalue weighted by Crippen LogP contribution is 2.25. The fourth-order valence-electron chi connectivity index (χ4n) is 2.54. The van der Waals surface area contributed by atoms with Crippen LogP contribution >= 0.6 is 11.6 Å². The lowest BCUT2D eigenvalue weighted by molar-refractivity contribution is -0.135. The van der Waals surface area contributed by atoms with E-state index in [0.717, 1.165) is 10.1 Å². The van der Waals surface area contributed by atoms with E-state index in [2.05, 4.69) is 0 Å². The second kappa shape index (κ2) is 8.37. The molecule has 0 amide bonds. The van der Waals surface area contributed by atoms with Crippen molar-refractivity contribution in [3.63, 3.8) is 0 Å². The fraction of sp³-hybridized carbons (Fsp3) is 0.100. The maximum atomic E-state index is 12.6. The molecule has 2 aromatic carbocycles. The van der Waals surface area contributed by atoms with Gasteiger partial charge in [0.2, 0.25) is 0 Å². The molecule has 0 saturated heterocycles. The summed E-state index contributed by atoms with van der Waals surface area (Å²) in [4.78, 5) is 36.9. The third-order valence-corrected chi connectivity index (χ3v) is 4.20. The number of benzene rings is 2. The van der Waals surface area contributed by atoms with Crippen LogP contribution in [0.2, 0.25) is 5.02 Å². The smallest absolute Gasteiger partial charge is 0.331 e. The predicted octanol–water partition coefficient (Wildman–Crippen LogP) is 2.19. The lowest BCUT2D eigenvalue weighted by atomic mass is 10.2. The Kier molecular flexibility index (Phi) is 5.72. The molecule has 3 aromatic rings. The fourth-order valence-corrected chi connectivity index (χ4v) is 2.76. The summed E-state index contributed by atoms with van der Waals surface area (Å²) >= 11 is 5.97. The SMILES string of the molecule is N#Cc1ccc(OC(=O)Cn2c(=O)ccn(Cc3ccccc3)c2=O)c(Cl)c1. The van der Waals surface area contributed by atoms with Crippen molar-refractivity contribution in [1.29, 1.82) is 5.26 Å². The van der Waals surface area contributed by atoms with Gasteiger partial charge in [0.25, 0.3) is 5.56 Å². The number of carbonyl (C=O) groups is 1. The molecule has 0 unspecified atom stereocenters. The van der Waals surface area contributed by atoms with Crippen LogP contribution in [0.5, 0.6) is 5.75 Å². The van der Waals surface area contributed by atoms with Crippen molar-refractivity contribution in [1.82, 2.24) is 9.13 Å². The van der Waals surface area contributed by atoms with E-state index in [1.807, 2.05) is 36.4 Å². The van der Waals surface area contributed by atoms with Crippen LogP contribution < -0.4 is 16.0 Å². The maximum Gasteiger partial charge on any atom is 0.331 e. The maximum absolute atomic E-state index is 12.6. The highest BCUT2D eigenvalue weighted by molar-refractivity contribution is 6.32. The summed E-state index contributed by atoms with van der Waals surface area (Å²) in [5, 5.41) is 8.91. The zero-order chi connectivity index (χ0) is 20.1. The van der Waals surface area contributed by atoms with Gasteiger partial charge in [0.15, 0.2) is 0 Å². The van der Waals surface area contributed by atoms with Crippen LogP contribution in [0.15, 0.2) is 70.4 Å². The van der Waals surface area contributed by atoms with E-state index in [-0.39, 0.29) is 17.3 Å². The lowest BCUT2D eigenvalue weighted by Crippen LogP contribution is -2.41. The minimum atomic E-state index is -0.830. The van der Waals surface area contributed by atoms with E-state index in [9.17, 15) is 14.4 Å². The van der Waals surface area contributed by atoms with E-state index >= 15 is 0 Å². The van der Waals surface area contributed by atoms with Crippen LogP contribution in [-0.2, 0) is 17.9 Å². The van der Waals surface area contributed by atoms with Crippen LogP contribution in [0.1, 0.15) is 11.1 Å². The molecule has 0 aliphatic rings. The number of rotatable bonds is 5. The zero-order valence-electron chi connectivity index (χ0n) is 14.5. The Balaban J connectivity index is 1.81. The number of halogens is 1. The predicted molar refractivity (Wildman–Crippen MR) is 102 cm³/mol. The summed E-state index contributed by atoms with van der Waals surface area (Å²) < 4.78 is 7.26. The van der Waals surface area contributed by atoms with Crippen LogP contribution in [0.3, 0.4) is 0 Å². The van der Waals surface area contributed by atoms with Gasteiger partial charge in [-0.3, -0.25) is 9.36 Å². The number of esters is 1. The number of hydrogen-bond acceptors (Lipinski definition) is 5. The molecule has 0 aliphatic carbocycles. The van der Waals surface area contributed by atoms with Crippen molar-refractivity contribution in [2.45, 2.75) is 13.1 Å². The molecule has 0 radical (unpaired) electrons. The number of ether oxygens (including phenoxy) is 1. The highest BCUT2D eigenvalue weighted by Gasteiger charge is 2.14. The number of nitriles is 1. The Morgan fingerprint density at radius 2 is 1.86 bits per heavy atom. The quantitative estimate of drug-likeness (QED) is 0.487. The van der Waals surface area contributed by atoms with Gasteiger partial charge in [-0.1, -0.05) is 41.9 Å². The van der Waals surface area contributed by atoms with Gasteiger partial charge in [-0.2, -0.15) is 5.26 Å². The average Bonchev–Trinajstić information content (AvgIpc) is 2.69. The summed E-state index contributed by atoms with van der Waals surface area (Å²) in [6.45, 7) is -0.305. The van der Waals surface area contributed by atoms with E-state index in [0.29, 0.717) is 5.56 Å². The molecule has 140 valence electrons. The summed E-state index contributed by atoms with van der Waals surface area (Å²) in [5.74, 6) is -0.789. The Labute approximate surface area is 164 Å². The van der Waals surface area contributed by atoms with Crippen LogP contribution in [0.25, 0.3) is 0 Å². The van der Waals surface area contributed by atoms with Gasteiger partial charge >= 0.3 is 11.7 Å².